The minimum absolute atomic E-state index is 0.126. The monoisotopic (exact) mass is 321 g/mol. The maximum absolute atomic E-state index is 12.8. The molecule has 6 heteroatoms. The summed E-state index contributed by atoms with van der Waals surface area (Å²) in [5, 5.41) is 0. The molecule has 1 heterocycles. The lowest BCUT2D eigenvalue weighted by Crippen LogP contribution is -2.40. The summed E-state index contributed by atoms with van der Waals surface area (Å²) in [7, 11) is 3.05. The average Bonchev–Trinajstić information content (AvgIpc) is 2.60. The molecule has 1 aromatic carbocycles. The maximum atomic E-state index is 12.8. The zero-order valence-electron chi connectivity index (χ0n) is 13.8. The number of likely N-dealkylation sites (tertiary alicyclic amines) is 1. The Morgan fingerprint density at radius 3 is 2.17 bits per heavy atom. The van der Waals surface area contributed by atoms with Crippen molar-refractivity contribution in [2.24, 2.45) is 5.92 Å². The van der Waals surface area contributed by atoms with Crippen LogP contribution in [0.5, 0.6) is 11.5 Å². The van der Waals surface area contributed by atoms with E-state index in [-0.39, 0.29) is 17.8 Å². The second kappa shape index (κ2) is 7.85. The predicted octanol–water partition coefficient (Wildman–Crippen LogP) is 2.12. The molecule has 2 rings (SSSR count). The van der Waals surface area contributed by atoms with E-state index in [1.54, 1.807) is 30.0 Å². The maximum Gasteiger partial charge on any atom is 0.309 e. The van der Waals surface area contributed by atoms with E-state index in [2.05, 4.69) is 0 Å². The molecule has 0 bridgehead atoms. The molecular formula is C17H23NO5. The Labute approximate surface area is 136 Å². The number of ether oxygens (including phenoxy) is 3. The normalized spacial score (nSPS) is 15.2. The Bertz CT molecular complexity index is 542. The fourth-order valence-electron chi connectivity index (χ4n) is 2.80. The number of carbonyl (C=O) groups excluding carboxylic acids is 2. The Hall–Kier alpha value is -2.24. The lowest BCUT2D eigenvalue weighted by atomic mass is 9.96. The van der Waals surface area contributed by atoms with Crippen molar-refractivity contribution in [3.05, 3.63) is 23.8 Å². The Balaban J connectivity index is 2.10. The first-order valence-corrected chi connectivity index (χ1v) is 7.79. The lowest BCUT2D eigenvalue weighted by molar-refractivity contribution is -0.149. The van der Waals surface area contributed by atoms with E-state index >= 15 is 0 Å². The molecule has 0 radical (unpaired) electrons. The number of rotatable bonds is 5. The van der Waals surface area contributed by atoms with Crippen molar-refractivity contribution < 1.29 is 23.8 Å². The Morgan fingerprint density at radius 1 is 1.13 bits per heavy atom. The summed E-state index contributed by atoms with van der Waals surface area (Å²) >= 11 is 0. The van der Waals surface area contributed by atoms with Crippen molar-refractivity contribution >= 4 is 11.9 Å². The van der Waals surface area contributed by atoms with Gasteiger partial charge in [-0.2, -0.15) is 0 Å². The summed E-state index contributed by atoms with van der Waals surface area (Å²) in [6.45, 7) is 3.22. The minimum Gasteiger partial charge on any atom is -0.496 e. The van der Waals surface area contributed by atoms with Gasteiger partial charge < -0.3 is 19.1 Å². The number of piperidine rings is 1. The van der Waals surface area contributed by atoms with E-state index in [0.717, 1.165) is 0 Å². The molecule has 1 saturated heterocycles. The zero-order chi connectivity index (χ0) is 16.8. The summed E-state index contributed by atoms with van der Waals surface area (Å²) < 4.78 is 15.6. The van der Waals surface area contributed by atoms with Gasteiger partial charge in [0.25, 0.3) is 5.91 Å². The van der Waals surface area contributed by atoms with E-state index in [9.17, 15) is 9.59 Å². The van der Waals surface area contributed by atoms with Gasteiger partial charge in [0.05, 0.1) is 26.7 Å². The predicted molar refractivity (Wildman–Crippen MR) is 84.8 cm³/mol. The summed E-state index contributed by atoms with van der Waals surface area (Å²) in [6, 6.07) is 5.25. The molecule has 0 spiro atoms. The molecule has 6 nitrogen and oxygen atoms in total. The highest BCUT2D eigenvalue weighted by Gasteiger charge is 2.31. The van der Waals surface area contributed by atoms with Crippen LogP contribution in [0.1, 0.15) is 30.1 Å². The molecule has 0 atom stereocenters. The molecule has 0 aliphatic carbocycles. The van der Waals surface area contributed by atoms with Crippen LogP contribution >= 0.6 is 0 Å². The number of amides is 1. The summed E-state index contributed by atoms with van der Waals surface area (Å²) in [6.07, 6.45) is 1.23. The molecular weight excluding hydrogens is 298 g/mol. The minimum atomic E-state index is -0.172. The molecule has 1 aliphatic rings. The zero-order valence-corrected chi connectivity index (χ0v) is 13.8. The average molecular weight is 321 g/mol. The second-order valence-corrected chi connectivity index (χ2v) is 5.36. The third-order valence-corrected chi connectivity index (χ3v) is 4.04. The van der Waals surface area contributed by atoms with E-state index in [1.165, 1.54) is 14.2 Å². The molecule has 1 aliphatic heterocycles. The highest BCUT2D eigenvalue weighted by atomic mass is 16.5. The van der Waals surface area contributed by atoms with Gasteiger partial charge in [0, 0.05) is 13.1 Å². The van der Waals surface area contributed by atoms with Crippen LogP contribution in [0.15, 0.2) is 18.2 Å². The van der Waals surface area contributed by atoms with Crippen LogP contribution in [0.3, 0.4) is 0 Å². The topological polar surface area (TPSA) is 65.1 Å². The number of hydrogen-bond donors (Lipinski definition) is 0. The first-order valence-electron chi connectivity index (χ1n) is 7.79. The summed E-state index contributed by atoms with van der Waals surface area (Å²) in [4.78, 5) is 26.3. The van der Waals surface area contributed by atoms with Crippen LogP contribution < -0.4 is 9.47 Å². The first-order chi connectivity index (χ1) is 11.1. The Morgan fingerprint density at radius 2 is 1.70 bits per heavy atom. The van der Waals surface area contributed by atoms with Crippen LogP contribution in [0, 0.1) is 5.92 Å². The van der Waals surface area contributed by atoms with Crippen LogP contribution in [0.4, 0.5) is 0 Å². The van der Waals surface area contributed by atoms with Gasteiger partial charge in [-0.1, -0.05) is 6.07 Å². The van der Waals surface area contributed by atoms with Gasteiger partial charge in [0.2, 0.25) is 0 Å². The van der Waals surface area contributed by atoms with Crippen molar-refractivity contribution in [3.63, 3.8) is 0 Å². The van der Waals surface area contributed by atoms with Crippen molar-refractivity contribution in [2.45, 2.75) is 19.8 Å². The van der Waals surface area contributed by atoms with Crippen molar-refractivity contribution in [2.75, 3.05) is 33.9 Å². The number of benzene rings is 1. The standard InChI is InChI=1S/C17H23NO5/c1-4-23-17(20)12-8-10-18(11-9-12)16(19)15-13(21-2)6-5-7-14(15)22-3/h5-7,12H,4,8-11H2,1-3H3. The first kappa shape index (κ1) is 17.1. The van der Waals surface area contributed by atoms with Gasteiger partial charge in [-0.25, -0.2) is 0 Å². The van der Waals surface area contributed by atoms with Gasteiger partial charge >= 0.3 is 5.97 Å². The number of hydrogen-bond acceptors (Lipinski definition) is 5. The molecule has 0 unspecified atom stereocenters. The molecule has 1 aromatic rings. The van der Waals surface area contributed by atoms with E-state index in [1.807, 2.05) is 0 Å². The number of nitrogens with zero attached hydrogens (tertiary/aromatic N) is 1. The number of esters is 1. The van der Waals surface area contributed by atoms with Crippen LogP contribution in [-0.4, -0.2) is 50.7 Å². The quantitative estimate of drug-likeness (QED) is 0.777. The molecule has 126 valence electrons. The van der Waals surface area contributed by atoms with Gasteiger partial charge in [0.1, 0.15) is 17.1 Å². The fourth-order valence-corrected chi connectivity index (χ4v) is 2.80. The van der Waals surface area contributed by atoms with Gasteiger partial charge in [-0.05, 0) is 31.9 Å². The number of methoxy groups -OCH3 is 2. The molecule has 1 amide bonds. The number of carbonyl (C=O) groups is 2. The highest BCUT2D eigenvalue weighted by Crippen LogP contribution is 2.31. The van der Waals surface area contributed by atoms with Crippen molar-refractivity contribution in [1.82, 2.24) is 4.90 Å². The molecule has 0 aromatic heterocycles. The van der Waals surface area contributed by atoms with Crippen LogP contribution in [0.25, 0.3) is 0 Å². The van der Waals surface area contributed by atoms with Gasteiger partial charge in [-0.3, -0.25) is 9.59 Å². The molecule has 0 saturated carbocycles. The molecule has 1 fully saturated rings. The molecule has 0 N–H and O–H groups in total. The largest absolute Gasteiger partial charge is 0.496 e. The highest BCUT2D eigenvalue weighted by molar-refractivity contribution is 5.99. The van der Waals surface area contributed by atoms with Gasteiger partial charge in [-0.15, -0.1) is 0 Å². The summed E-state index contributed by atoms with van der Waals surface area (Å²) in [5.74, 6) is 0.540. The van der Waals surface area contributed by atoms with E-state index in [4.69, 9.17) is 14.2 Å². The third kappa shape index (κ3) is 3.75. The van der Waals surface area contributed by atoms with E-state index in [0.29, 0.717) is 49.6 Å². The van der Waals surface area contributed by atoms with E-state index < -0.39 is 0 Å². The smallest absolute Gasteiger partial charge is 0.309 e. The van der Waals surface area contributed by atoms with Gasteiger partial charge in [0.15, 0.2) is 0 Å². The lowest BCUT2D eigenvalue weighted by Gasteiger charge is -2.31. The van der Waals surface area contributed by atoms with Crippen molar-refractivity contribution in [3.8, 4) is 11.5 Å². The SMILES string of the molecule is CCOC(=O)C1CCN(C(=O)c2c(OC)cccc2OC)CC1. The third-order valence-electron chi connectivity index (χ3n) is 4.04. The molecule has 23 heavy (non-hydrogen) atoms. The van der Waals surface area contributed by atoms with Crippen LogP contribution in [0.2, 0.25) is 0 Å². The summed E-state index contributed by atoms with van der Waals surface area (Å²) in [5.41, 5.74) is 0.423. The van der Waals surface area contributed by atoms with Crippen molar-refractivity contribution in [1.29, 1.82) is 0 Å². The second-order valence-electron chi connectivity index (χ2n) is 5.36. The fraction of sp³-hybridized carbons (Fsp3) is 0.529. The Kier molecular flexibility index (Phi) is 5.84. The van der Waals surface area contributed by atoms with Crippen LogP contribution in [-0.2, 0) is 9.53 Å².